The molecule has 0 radical (unpaired) electrons. The van der Waals surface area contributed by atoms with Crippen molar-refractivity contribution in [2.45, 2.75) is 32.6 Å². The minimum absolute atomic E-state index is 0.000477. The van der Waals surface area contributed by atoms with Crippen LogP contribution >= 0.6 is 0 Å². The molecule has 0 saturated carbocycles. The van der Waals surface area contributed by atoms with E-state index in [9.17, 15) is 9.59 Å². The Hall–Kier alpha value is -2.69. The number of carbonyl (C=O) groups is 2. The number of nitrogens with one attached hydrogen (secondary N) is 1. The average Bonchev–Trinajstić information content (AvgIpc) is 2.67. The predicted molar refractivity (Wildman–Crippen MR) is 102 cm³/mol. The Morgan fingerprint density at radius 2 is 1.88 bits per heavy atom. The van der Waals surface area contributed by atoms with E-state index in [4.69, 9.17) is 0 Å². The maximum Gasteiger partial charge on any atom is 0.228 e. The number of anilines is 1. The third-order valence-corrected chi connectivity index (χ3v) is 4.86. The summed E-state index contributed by atoms with van der Waals surface area (Å²) in [6, 6.07) is 13.8. The molecule has 0 aliphatic carbocycles. The van der Waals surface area contributed by atoms with Crippen LogP contribution in [0.2, 0.25) is 0 Å². The molecule has 136 valence electrons. The number of piperidine rings is 1. The molecular weight excluding hydrogens is 326 g/mol. The van der Waals surface area contributed by atoms with Crippen LogP contribution in [0.25, 0.3) is 0 Å². The number of hydrogen-bond donors (Lipinski definition) is 1. The molecule has 1 aromatic carbocycles. The molecule has 0 unspecified atom stereocenters. The molecule has 1 N–H and O–H groups in total. The van der Waals surface area contributed by atoms with Gasteiger partial charge in [-0.2, -0.15) is 0 Å². The Bertz CT molecular complexity index is 753. The van der Waals surface area contributed by atoms with Gasteiger partial charge in [-0.25, -0.2) is 4.98 Å². The smallest absolute Gasteiger partial charge is 0.228 e. The van der Waals surface area contributed by atoms with Crippen LogP contribution in [0.5, 0.6) is 0 Å². The van der Waals surface area contributed by atoms with E-state index in [2.05, 4.69) is 10.3 Å². The van der Waals surface area contributed by atoms with E-state index in [1.54, 1.807) is 6.20 Å². The van der Waals surface area contributed by atoms with Crippen molar-refractivity contribution in [3.8, 4) is 0 Å². The zero-order valence-electron chi connectivity index (χ0n) is 15.1. The van der Waals surface area contributed by atoms with Gasteiger partial charge in [0.25, 0.3) is 0 Å². The monoisotopic (exact) mass is 351 g/mol. The lowest BCUT2D eigenvalue weighted by molar-refractivity contribution is -0.134. The van der Waals surface area contributed by atoms with Gasteiger partial charge in [0, 0.05) is 31.6 Å². The quantitative estimate of drug-likeness (QED) is 0.900. The van der Waals surface area contributed by atoms with Gasteiger partial charge in [0.2, 0.25) is 11.8 Å². The fourth-order valence-electron chi connectivity index (χ4n) is 3.28. The van der Waals surface area contributed by atoms with Crippen LogP contribution in [0, 0.1) is 12.8 Å². The Kier molecular flexibility index (Phi) is 6.00. The maximum absolute atomic E-state index is 12.4. The largest absolute Gasteiger partial charge is 0.343 e. The van der Waals surface area contributed by atoms with Crippen LogP contribution in [0.15, 0.2) is 48.7 Å². The summed E-state index contributed by atoms with van der Waals surface area (Å²) in [4.78, 5) is 30.9. The summed E-state index contributed by atoms with van der Waals surface area (Å²) in [5.74, 6) is 0.708. The first-order chi connectivity index (χ1) is 12.6. The normalized spacial score (nSPS) is 14.9. The first-order valence-electron chi connectivity index (χ1n) is 9.17. The Labute approximate surface area is 154 Å². The number of aromatic nitrogens is 1. The minimum Gasteiger partial charge on any atom is -0.343 e. The highest BCUT2D eigenvalue weighted by Crippen LogP contribution is 2.20. The number of rotatable bonds is 5. The fraction of sp³-hybridized carbons (Fsp3) is 0.381. The molecule has 3 rings (SSSR count). The molecule has 2 amide bonds. The number of nitrogens with zero attached hydrogens (tertiary/aromatic N) is 2. The van der Waals surface area contributed by atoms with Gasteiger partial charge in [-0.1, -0.05) is 30.3 Å². The van der Waals surface area contributed by atoms with E-state index >= 15 is 0 Å². The van der Waals surface area contributed by atoms with Crippen molar-refractivity contribution in [1.29, 1.82) is 0 Å². The van der Waals surface area contributed by atoms with E-state index in [1.807, 2.05) is 54.3 Å². The van der Waals surface area contributed by atoms with Gasteiger partial charge in [0.05, 0.1) is 0 Å². The number of likely N-dealkylation sites (tertiary alicyclic amines) is 1. The van der Waals surface area contributed by atoms with Crippen molar-refractivity contribution in [1.82, 2.24) is 9.88 Å². The second-order valence-electron chi connectivity index (χ2n) is 6.85. The van der Waals surface area contributed by atoms with Crippen LogP contribution < -0.4 is 5.32 Å². The molecule has 0 bridgehead atoms. The van der Waals surface area contributed by atoms with Crippen LogP contribution in [0.3, 0.4) is 0 Å². The van der Waals surface area contributed by atoms with Gasteiger partial charge in [0.1, 0.15) is 5.82 Å². The van der Waals surface area contributed by atoms with Crippen LogP contribution in [-0.4, -0.2) is 34.8 Å². The summed E-state index contributed by atoms with van der Waals surface area (Å²) < 4.78 is 0. The number of amides is 2. The molecule has 1 aliphatic heterocycles. The maximum atomic E-state index is 12.4. The molecule has 5 heteroatoms. The van der Waals surface area contributed by atoms with Crippen LogP contribution in [-0.2, 0) is 16.0 Å². The first-order valence-corrected chi connectivity index (χ1v) is 9.17. The van der Waals surface area contributed by atoms with Gasteiger partial charge in [-0.05, 0) is 49.4 Å². The molecule has 1 fully saturated rings. The molecule has 0 atom stereocenters. The zero-order valence-corrected chi connectivity index (χ0v) is 15.1. The van der Waals surface area contributed by atoms with E-state index in [0.29, 0.717) is 38.2 Å². The Morgan fingerprint density at radius 1 is 1.15 bits per heavy atom. The number of benzene rings is 1. The van der Waals surface area contributed by atoms with E-state index in [-0.39, 0.29) is 17.7 Å². The van der Waals surface area contributed by atoms with Gasteiger partial charge in [-0.3, -0.25) is 9.59 Å². The molecule has 5 nitrogen and oxygen atoms in total. The Balaban J connectivity index is 1.44. The Morgan fingerprint density at radius 3 is 2.58 bits per heavy atom. The molecule has 1 saturated heterocycles. The predicted octanol–water partition coefficient (Wildman–Crippen LogP) is 3.20. The summed E-state index contributed by atoms with van der Waals surface area (Å²) in [6.07, 6.45) is 4.38. The van der Waals surface area contributed by atoms with E-state index < -0.39 is 0 Å². The molecule has 1 aromatic heterocycles. The lowest BCUT2D eigenvalue weighted by Gasteiger charge is -2.31. The molecular formula is C21H25N3O2. The second-order valence-corrected chi connectivity index (χ2v) is 6.85. The number of carbonyl (C=O) groups excluding carboxylic acids is 2. The topological polar surface area (TPSA) is 62.3 Å². The average molecular weight is 351 g/mol. The SMILES string of the molecule is Cc1ccnc(NC(=O)C2CCN(C(=O)CCc3ccccc3)CC2)c1. The lowest BCUT2D eigenvalue weighted by atomic mass is 9.95. The highest BCUT2D eigenvalue weighted by molar-refractivity contribution is 5.92. The zero-order chi connectivity index (χ0) is 18.4. The summed E-state index contributed by atoms with van der Waals surface area (Å²) in [5, 5.41) is 2.89. The van der Waals surface area contributed by atoms with E-state index in [0.717, 1.165) is 12.0 Å². The third kappa shape index (κ3) is 4.91. The summed E-state index contributed by atoms with van der Waals surface area (Å²) >= 11 is 0. The second kappa shape index (κ2) is 8.61. The summed E-state index contributed by atoms with van der Waals surface area (Å²) in [6.45, 7) is 3.26. The summed E-state index contributed by atoms with van der Waals surface area (Å²) in [7, 11) is 0. The minimum atomic E-state index is -0.0597. The van der Waals surface area contributed by atoms with Crippen LogP contribution in [0.1, 0.15) is 30.4 Å². The van der Waals surface area contributed by atoms with Crippen molar-refractivity contribution in [2.75, 3.05) is 18.4 Å². The highest BCUT2D eigenvalue weighted by Gasteiger charge is 2.27. The lowest BCUT2D eigenvalue weighted by Crippen LogP contribution is -2.41. The molecule has 2 heterocycles. The molecule has 1 aliphatic rings. The fourth-order valence-corrected chi connectivity index (χ4v) is 3.28. The number of aryl methyl sites for hydroxylation is 2. The number of pyridine rings is 1. The van der Waals surface area contributed by atoms with E-state index in [1.165, 1.54) is 5.56 Å². The highest BCUT2D eigenvalue weighted by atomic mass is 16.2. The van der Waals surface area contributed by atoms with Crippen molar-refractivity contribution in [3.63, 3.8) is 0 Å². The molecule has 0 spiro atoms. The standard InChI is InChI=1S/C21H25N3O2/c1-16-9-12-22-19(15-16)23-21(26)18-10-13-24(14-11-18)20(25)8-7-17-5-3-2-4-6-17/h2-6,9,12,15,18H,7-8,10-11,13-14H2,1H3,(H,22,23,26). The molecule has 2 aromatic rings. The van der Waals surface area contributed by atoms with Gasteiger partial charge < -0.3 is 10.2 Å². The van der Waals surface area contributed by atoms with Crippen molar-refractivity contribution < 1.29 is 9.59 Å². The summed E-state index contributed by atoms with van der Waals surface area (Å²) in [5.41, 5.74) is 2.25. The van der Waals surface area contributed by atoms with Crippen molar-refractivity contribution >= 4 is 17.6 Å². The molecule has 26 heavy (non-hydrogen) atoms. The van der Waals surface area contributed by atoms with Crippen LogP contribution in [0.4, 0.5) is 5.82 Å². The van der Waals surface area contributed by atoms with Crippen molar-refractivity contribution in [3.05, 3.63) is 59.8 Å². The first kappa shape index (κ1) is 18.1. The van der Waals surface area contributed by atoms with Crippen molar-refractivity contribution in [2.24, 2.45) is 5.92 Å². The van der Waals surface area contributed by atoms with Gasteiger partial charge in [0.15, 0.2) is 0 Å². The van der Waals surface area contributed by atoms with Gasteiger partial charge in [-0.15, -0.1) is 0 Å². The number of hydrogen-bond acceptors (Lipinski definition) is 3. The third-order valence-electron chi connectivity index (χ3n) is 4.86. The van der Waals surface area contributed by atoms with Gasteiger partial charge >= 0.3 is 0 Å².